The first-order chi connectivity index (χ1) is 29.4. The molecule has 4 N–H and O–H groups in total. The molecular formula is C49H45N7O4. The first-order valence-corrected chi connectivity index (χ1v) is 20.5. The molecule has 300 valence electrons. The molecule has 9 rings (SSSR count). The van der Waals surface area contributed by atoms with Crippen LogP contribution in [0.2, 0.25) is 0 Å². The van der Waals surface area contributed by atoms with Crippen molar-refractivity contribution in [2.45, 2.75) is 49.7 Å². The van der Waals surface area contributed by atoms with Gasteiger partial charge in [-0.3, -0.25) is 9.59 Å². The number of hydrogen-bond donors (Lipinski definition) is 4. The highest BCUT2D eigenvalue weighted by molar-refractivity contribution is 5.88. The van der Waals surface area contributed by atoms with Crippen LogP contribution < -0.4 is 5.32 Å². The second-order valence-electron chi connectivity index (χ2n) is 15.4. The molecule has 2 aromatic heterocycles. The summed E-state index contributed by atoms with van der Waals surface area (Å²) in [6.45, 7) is 1.21. The lowest BCUT2D eigenvalue weighted by Crippen LogP contribution is -2.42. The lowest BCUT2D eigenvalue weighted by atomic mass is 9.90. The highest BCUT2D eigenvalue weighted by atomic mass is 16.4. The lowest BCUT2D eigenvalue weighted by Gasteiger charge is -2.28. The number of amides is 3. The first-order valence-electron chi connectivity index (χ1n) is 20.5. The van der Waals surface area contributed by atoms with Crippen LogP contribution in [0.5, 0.6) is 0 Å². The minimum Gasteiger partial charge on any atom is -0.465 e. The summed E-state index contributed by atoms with van der Waals surface area (Å²) in [4.78, 5) is 59.9. The van der Waals surface area contributed by atoms with Crippen molar-refractivity contribution in [2.75, 3.05) is 13.1 Å². The Balaban J connectivity index is 0.868. The van der Waals surface area contributed by atoms with Crippen molar-refractivity contribution in [1.82, 2.24) is 35.1 Å². The van der Waals surface area contributed by atoms with Crippen molar-refractivity contribution in [2.24, 2.45) is 0 Å². The van der Waals surface area contributed by atoms with Gasteiger partial charge in [0.15, 0.2) is 0 Å². The minimum absolute atomic E-state index is 0.0908. The zero-order valence-corrected chi connectivity index (χ0v) is 32.9. The van der Waals surface area contributed by atoms with E-state index in [9.17, 15) is 19.5 Å². The van der Waals surface area contributed by atoms with E-state index < -0.39 is 12.1 Å². The number of aromatic nitrogens is 4. The van der Waals surface area contributed by atoms with Crippen LogP contribution in [0.25, 0.3) is 33.6 Å². The predicted octanol–water partition coefficient (Wildman–Crippen LogP) is 9.30. The molecule has 0 radical (unpaired) electrons. The largest absolute Gasteiger partial charge is 0.465 e. The molecule has 0 aliphatic carbocycles. The summed E-state index contributed by atoms with van der Waals surface area (Å²) in [5, 5.41) is 11.9. The summed E-state index contributed by atoms with van der Waals surface area (Å²) >= 11 is 0. The van der Waals surface area contributed by atoms with Gasteiger partial charge in [-0.15, -0.1) is 0 Å². The second-order valence-corrected chi connectivity index (χ2v) is 15.4. The Bertz CT molecular complexity index is 2530. The van der Waals surface area contributed by atoms with E-state index in [2.05, 4.69) is 68.8 Å². The van der Waals surface area contributed by atoms with Gasteiger partial charge in [-0.05, 0) is 64.6 Å². The number of hydrogen-bond acceptors (Lipinski definition) is 5. The normalized spacial score (nSPS) is 16.9. The molecule has 0 unspecified atom stereocenters. The van der Waals surface area contributed by atoms with Gasteiger partial charge in [0.05, 0.1) is 41.8 Å². The van der Waals surface area contributed by atoms with Gasteiger partial charge in [-0.25, -0.2) is 14.8 Å². The van der Waals surface area contributed by atoms with Crippen molar-refractivity contribution in [1.29, 1.82) is 0 Å². The van der Waals surface area contributed by atoms with Gasteiger partial charge in [0.25, 0.3) is 5.91 Å². The molecular weight excluding hydrogens is 751 g/mol. The molecule has 2 aliphatic rings. The average Bonchev–Trinajstić information content (AvgIpc) is 4.14. The van der Waals surface area contributed by atoms with E-state index in [-0.39, 0.29) is 29.8 Å². The fourth-order valence-corrected chi connectivity index (χ4v) is 8.78. The molecule has 3 amide bonds. The first kappa shape index (κ1) is 38.3. The van der Waals surface area contributed by atoms with E-state index in [1.165, 1.54) is 0 Å². The van der Waals surface area contributed by atoms with Crippen molar-refractivity contribution in [3.05, 3.63) is 180 Å². The Kier molecular flexibility index (Phi) is 10.8. The van der Waals surface area contributed by atoms with E-state index in [0.29, 0.717) is 24.5 Å². The van der Waals surface area contributed by atoms with Gasteiger partial charge in [0.2, 0.25) is 5.91 Å². The van der Waals surface area contributed by atoms with Crippen LogP contribution in [0.4, 0.5) is 4.79 Å². The van der Waals surface area contributed by atoms with Gasteiger partial charge >= 0.3 is 6.09 Å². The van der Waals surface area contributed by atoms with Crippen LogP contribution in [0.1, 0.15) is 78.1 Å². The molecule has 3 atom stereocenters. The summed E-state index contributed by atoms with van der Waals surface area (Å²) in [6, 6.07) is 44.2. The molecule has 2 saturated heterocycles. The maximum absolute atomic E-state index is 14.3. The van der Waals surface area contributed by atoms with Gasteiger partial charge < -0.3 is 30.2 Å². The third-order valence-corrected chi connectivity index (χ3v) is 11.8. The average molecular weight is 796 g/mol. The monoisotopic (exact) mass is 795 g/mol. The summed E-state index contributed by atoms with van der Waals surface area (Å²) in [6.07, 6.45) is 5.68. The van der Waals surface area contributed by atoms with E-state index in [1.54, 1.807) is 35.4 Å². The third kappa shape index (κ3) is 7.81. The number of nitrogens with zero attached hydrogens (tertiary/aromatic N) is 4. The topological polar surface area (TPSA) is 147 Å². The van der Waals surface area contributed by atoms with E-state index in [1.807, 2.05) is 77.8 Å². The van der Waals surface area contributed by atoms with Crippen molar-refractivity contribution < 1.29 is 19.5 Å². The Labute approximate surface area is 348 Å². The van der Waals surface area contributed by atoms with E-state index in [4.69, 9.17) is 4.98 Å². The molecule has 2 aliphatic heterocycles. The molecule has 60 heavy (non-hydrogen) atoms. The van der Waals surface area contributed by atoms with Crippen molar-refractivity contribution >= 4 is 17.9 Å². The maximum Gasteiger partial charge on any atom is 0.405 e. The molecule has 7 aromatic rings. The minimum atomic E-state index is -1.25. The van der Waals surface area contributed by atoms with Crippen LogP contribution in [0, 0.1) is 0 Å². The van der Waals surface area contributed by atoms with E-state index in [0.717, 1.165) is 76.3 Å². The molecule has 5 aromatic carbocycles. The molecule has 2 fully saturated rings. The Morgan fingerprint density at radius 2 is 0.950 bits per heavy atom. The summed E-state index contributed by atoms with van der Waals surface area (Å²) < 4.78 is 0. The zero-order valence-electron chi connectivity index (χ0n) is 32.9. The zero-order chi connectivity index (χ0) is 41.0. The highest BCUT2D eigenvalue weighted by Gasteiger charge is 2.38. The van der Waals surface area contributed by atoms with Crippen molar-refractivity contribution in [3.63, 3.8) is 0 Å². The molecule has 4 heterocycles. The Morgan fingerprint density at radius 1 is 0.550 bits per heavy atom. The molecule has 0 saturated carbocycles. The van der Waals surface area contributed by atoms with Gasteiger partial charge in [-0.2, -0.15) is 0 Å². The van der Waals surface area contributed by atoms with Crippen LogP contribution in [-0.4, -0.2) is 65.8 Å². The molecule has 11 heteroatoms. The van der Waals surface area contributed by atoms with Crippen LogP contribution in [0.3, 0.4) is 0 Å². The third-order valence-electron chi connectivity index (χ3n) is 11.8. The number of imidazole rings is 2. The number of H-pyrrole nitrogens is 2. The number of benzene rings is 5. The fraction of sp³-hybridized carbons (Fsp3) is 0.204. The number of likely N-dealkylation sites (tertiary alicyclic amines) is 2. The van der Waals surface area contributed by atoms with Crippen LogP contribution in [0.15, 0.2) is 152 Å². The lowest BCUT2D eigenvalue weighted by molar-refractivity contribution is -0.134. The standard InChI is InChI=1S/C49H45N7O4/c57-47(43(36-12-4-1-5-13-36)37-14-6-2-7-15-37)55-28-10-18-41(55)45-50-30-39(52-45)34-24-20-32(21-25-34)33-22-26-35(27-23-33)40-31-51-46(53-40)42-19-11-29-56(42)48(58)44(54-49(59)60)38-16-8-3-9-17-38/h1-9,12-17,20-27,30-31,41-44,54H,10-11,18-19,28-29H2,(H,50,52)(H,51,53)(H,59,60)/t41-,42-,44+/m0/s1. The van der Waals surface area contributed by atoms with Crippen LogP contribution in [-0.2, 0) is 9.59 Å². The number of carboxylic acid groups (broad SMARTS) is 1. The number of carbonyl (C=O) groups is 3. The van der Waals surface area contributed by atoms with Crippen LogP contribution >= 0.6 is 0 Å². The van der Waals surface area contributed by atoms with Crippen molar-refractivity contribution in [3.8, 4) is 33.6 Å². The number of aromatic amines is 2. The smallest absolute Gasteiger partial charge is 0.405 e. The molecule has 11 nitrogen and oxygen atoms in total. The SMILES string of the molecule is O=C(O)N[C@@H](C(=O)N1CCC[C@H]1c1ncc(-c2ccc(-c3ccc(-c4cnc([C@@H]5CCCN5C(=O)C(c5ccccc5)c5ccccc5)[nH]4)cc3)cc2)[nH]1)c1ccccc1. The van der Waals surface area contributed by atoms with Gasteiger partial charge in [-0.1, -0.05) is 140 Å². The second kappa shape index (κ2) is 16.9. The fourth-order valence-electron chi connectivity index (χ4n) is 8.78. The highest BCUT2D eigenvalue weighted by Crippen LogP contribution is 2.38. The number of rotatable bonds is 11. The van der Waals surface area contributed by atoms with Gasteiger partial charge in [0, 0.05) is 13.1 Å². The molecule has 0 bridgehead atoms. The summed E-state index contributed by atoms with van der Waals surface area (Å²) in [5.41, 5.74) is 8.40. The number of nitrogens with one attached hydrogen (secondary N) is 3. The quantitative estimate of drug-likeness (QED) is 0.103. The van der Waals surface area contributed by atoms with Gasteiger partial charge in [0.1, 0.15) is 17.7 Å². The summed E-state index contributed by atoms with van der Waals surface area (Å²) in [7, 11) is 0. The Hall–Kier alpha value is -7.27. The summed E-state index contributed by atoms with van der Waals surface area (Å²) in [5.74, 6) is 0.890. The predicted molar refractivity (Wildman–Crippen MR) is 229 cm³/mol. The molecule has 0 spiro atoms. The number of carbonyl (C=O) groups excluding carboxylic acids is 2. The van der Waals surface area contributed by atoms with E-state index >= 15 is 0 Å². The maximum atomic E-state index is 14.3. The Morgan fingerprint density at radius 3 is 1.38 bits per heavy atom.